The summed E-state index contributed by atoms with van der Waals surface area (Å²) in [6.45, 7) is 0.442. The van der Waals surface area contributed by atoms with Crippen molar-refractivity contribution in [1.29, 1.82) is 0 Å². The molecular weight excluding hydrogens is 304 g/mol. The average Bonchev–Trinajstić information content (AvgIpc) is 3.20. The van der Waals surface area contributed by atoms with Crippen LogP contribution in [0.1, 0.15) is 46.1 Å². The zero-order valence-corrected chi connectivity index (χ0v) is 13.6. The second kappa shape index (κ2) is 5.78. The topological polar surface area (TPSA) is 78.1 Å². The molecule has 1 aromatic heterocycles. The van der Waals surface area contributed by atoms with Gasteiger partial charge in [-0.2, -0.15) is 5.10 Å². The van der Waals surface area contributed by atoms with E-state index in [9.17, 15) is 9.59 Å². The highest BCUT2D eigenvalue weighted by molar-refractivity contribution is 5.97. The quantitative estimate of drug-likeness (QED) is 0.903. The van der Waals surface area contributed by atoms with Gasteiger partial charge in [0.1, 0.15) is 0 Å². The molecule has 1 atom stereocenters. The van der Waals surface area contributed by atoms with Crippen LogP contribution >= 0.6 is 0 Å². The summed E-state index contributed by atoms with van der Waals surface area (Å²) in [7, 11) is 1.79. The third-order valence-corrected chi connectivity index (χ3v) is 5.06. The average molecular weight is 324 g/mol. The van der Waals surface area contributed by atoms with Crippen LogP contribution in [0.4, 0.5) is 5.69 Å². The minimum absolute atomic E-state index is 0.000778. The Hall–Kier alpha value is -2.63. The summed E-state index contributed by atoms with van der Waals surface area (Å²) in [5.74, 6) is -0.0762. The first-order chi connectivity index (χ1) is 11.6. The number of para-hydroxylation sites is 1. The fourth-order valence-electron chi connectivity index (χ4n) is 3.72. The van der Waals surface area contributed by atoms with Crippen molar-refractivity contribution in [2.75, 3.05) is 18.5 Å². The number of nitrogens with one attached hydrogen (secondary N) is 2. The Bertz CT molecular complexity index is 811. The number of aromatic nitrogens is 2. The maximum absolute atomic E-state index is 12.5. The van der Waals surface area contributed by atoms with Gasteiger partial charge in [-0.05, 0) is 30.9 Å². The van der Waals surface area contributed by atoms with Gasteiger partial charge in [0.05, 0.1) is 0 Å². The summed E-state index contributed by atoms with van der Waals surface area (Å²) in [5, 5.41) is 10.1. The number of hydrogen-bond acceptors (Lipinski definition) is 3. The van der Waals surface area contributed by atoms with Crippen LogP contribution in [0.5, 0.6) is 0 Å². The van der Waals surface area contributed by atoms with Gasteiger partial charge in [-0.1, -0.05) is 18.2 Å². The van der Waals surface area contributed by atoms with Gasteiger partial charge in [0, 0.05) is 42.9 Å². The lowest BCUT2D eigenvalue weighted by atomic mass is 9.89. The number of hydrogen-bond donors (Lipinski definition) is 2. The van der Waals surface area contributed by atoms with Gasteiger partial charge >= 0.3 is 0 Å². The molecule has 0 saturated heterocycles. The molecule has 6 heteroatoms. The fourth-order valence-corrected chi connectivity index (χ4v) is 3.72. The van der Waals surface area contributed by atoms with E-state index in [0.29, 0.717) is 18.7 Å². The van der Waals surface area contributed by atoms with Crippen LogP contribution in [0.3, 0.4) is 0 Å². The molecule has 124 valence electrons. The summed E-state index contributed by atoms with van der Waals surface area (Å²) >= 11 is 0. The Kier molecular flexibility index (Phi) is 3.59. The van der Waals surface area contributed by atoms with Gasteiger partial charge in [-0.25, -0.2) is 0 Å². The highest BCUT2D eigenvalue weighted by Crippen LogP contribution is 2.34. The summed E-state index contributed by atoms with van der Waals surface area (Å²) < 4.78 is 0. The van der Waals surface area contributed by atoms with E-state index in [1.54, 1.807) is 11.9 Å². The minimum atomic E-state index is -0.154. The van der Waals surface area contributed by atoms with Crippen LogP contribution in [-0.2, 0) is 17.6 Å². The predicted molar refractivity (Wildman–Crippen MR) is 90.2 cm³/mol. The Balaban J connectivity index is 1.50. The number of benzene rings is 1. The van der Waals surface area contributed by atoms with E-state index in [1.807, 2.05) is 24.3 Å². The number of aryl methyl sites for hydroxylation is 1. The Morgan fingerprint density at radius 1 is 1.38 bits per heavy atom. The molecule has 2 amide bonds. The molecular formula is C18H20N4O2. The number of carbonyl (C=O) groups is 2. The van der Waals surface area contributed by atoms with Gasteiger partial charge in [-0.3, -0.25) is 14.7 Å². The molecule has 0 spiro atoms. The first-order valence-electron chi connectivity index (χ1n) is 8.35. The summed E-state index contributed by atoms with van der Waals surface area (Å²) in [4.78, 5) is 26.4. The standard InChI is InChI=1S/C18H20N4O2/c1-22-15-8-3-2-5-12(15)11(9-16(22)23)10-19-18(24)17-13-6-4-7-14(13)20-21-17/h2-3,5,8,11H,4,6-7,9-10H2,1H3,(H,19,24)(H,20,21)/t11-/m0/s1. The van der Waals surface area contributed by atoms with Gasteiger partial charge in [0.15, 0.2) is 5.69 Å². The molecule has 2 heterocycles. The number of carbonyl (C=O) groups excluding carboxylic acids is 2. The third-order valence-electron chi connectivity index (χ3n) is 5.06. The molecule has 4 rings (SSSR count). The minimum Gasteiger partial charge on any atom is -0.350 e. The molecule has 24 heavy (non-hydrogen) atoms. The van der Waals surface area contributed by atoms with Crippen LogP contribution in [0.15, 0.2) is 24.3 Å². The molecule has 1 aliphatic heterocycles. The van der Waals surface area contributed by atoms with Crippen LogP contribution < -0.4 is 10.2 Å². The van der Waals surface area contributed by atoms with E-state index in [2.05, 4.69) is 15.5 Å². The second-order valence-corrected chi connectivity index (χ2v) is 6.51. The molecule has 2 aromatic rings. The lowest BCUT2D eigenvalue weighted by Gasteiger charge is -2.31. The molecule has 0 bridgehead atoms. The fraction of sp³-hybridized carbons (Fsp3) is 0.389. The molecule has 2 N–H and O–H groups in total. The first-order valence-corrected chi connectivity index (χ1v) is 8.35. The normalized spacial score (nSPS) is 19.1. The third kappa shape index (κ3) is 2.38. The zero-order chi connectivity index (χ0) is 16.7. The van der Waals surface area contributed by atoms with E-state index in [1.165, 1.54) is 0 Å². The summed E-state index contributed by atoms with van der Waals surface area (Å²) in [6.07, 6.45) is 3.35. The number of H-pyrrole nitrogens is 1. The van der Waals surface area contributed by atoms with Gasteiger partial charge in [-0.15, -0.1) is 0 Å². The van der Waals surface area contributed by atoms with E-state index in [-0.39, 0.29) is 17.7 Å². The lowest BCUT2D eigenvalue weighted by molar-refractivity contribution is -0.119. The smallest absolute Gasteiger partial charge is 0.272 e. The van der Waals surface area contributed by atoms with E-state index < -0.39 is 0 Å². The number of nitrogens with zero attached hydrogens (tertiary/aromatic N) is 2. The Morgan fingerprint density at radius 3 is 3.08 bits per heavy atom. The second-order valence-electron chi connectivity index (χ2n) is 6.51. The van der Waals surface area contributed by atoms with Crippen LogP contribution in [0, 0.1) is 0 Å². The Morgan fingerprint density at radius 2 is 2.21 bits per heavy atom. The van der Waals surface area contributed by atoms with Crippen molar-refractivity contribution in [3.8, 4) is 0 Å². The first kappa shape index (κ1) is 14.9. The number of aromatic amines is 1. The van der Waals surface area contributed by atoms with Crippen molar-refractivity contribution in [1.82, 2.24) is 15.5 Å². The highest BCUT2D eigenvalue weighted by Gasteiger charge is 2.30. The summed E-state index contributed by atoms with van der Waals surface area (Å²) in [5.41, 5.74) is 4.67. The number of amides is 2. The largest absolute Gasteiger partial charge is 0.350 e. The van der Waals surface area contributed by atoms with E-state index in [0.717, 1.165) is 41.8 Å². The lowest BCUT2D eigenvalue weighted by Crippen LogP contribution is -2.38. The molecule has 2 aliphatic rings. The van der Waals surface area contributed by atoms with Crippen molar-refractivity contribution in [3.05, 3.63) is 46.8 Å². The number of rotatable bonds is 3. The molecule has 1 aliphatic carbocycles. The maximum Gasteiger partial charge on any atom is 0.272 e. The summed E-state index contributed by atoms with van der Waals surface area (Å²) in [6, 6.07) is 7.87. The Labute approximate surface area is 140 Å². The molecule has 0 unspecified atom stereocenters. The van der Waals surface area contributed by atoms with Gasteiger partial charge < -0.3 is 10.2 Å². The van der Waals surface area contributed by atoms with Crippen molar-refractivity contribution < 1.29 is 9.59 Å². The molecule has 6 nitrogen and oxygen atoms in total. The van der Waals surface area contributed by atoms with Crippen LogP contribution in [0.25, 0.3) is 0 Å². The van der Waals surface area contributed by atoms with Gasteiger partial charge in [0.2, 0.25) is 5.91 Å². The number of anilines is 1. The van der Waals surface area contributed by atoms with Crippen molar-refractivity contribution >= 4 is 17.5 Å². The maximum atomic E-state index is 12.5. The molecule has 1 aromatic carbocycles. The van der Waals surface area contributed by atoms with Crippen molar-refractivity contribution in [2.45, 2.75) is 31.6 Å². The predicted octanol–water partition coefficient (Wildman–Crippen LogP) is 1.78. The molecule has 0 fully saturated rings. The number of fused-ring (bicyclic) bond motifs is 2. The highest BCUT2D eigenvalue weighted by atomic mass is 16.2. The van der Waals surface area contributed by atoms with E-state index >= 15 is 0 Å². The molecule has 0 radical (unpaired) electrons. The SMILES string of the molecule is CN1C(=O)C[C@@H](CNC(=O)c2n[nH]c3c2CCC3)c2ccccc21. The zero-order valence-electron chi connectivity index (χ0n) is 13.6. The van der Waals surface area contributed by atoms with Crippen molar-refractivity contribution in [3.63, 3.8) is 0 Å². The van der Waals surface area contributed by atoms with E-state index in [4.69, 9.17) is 0 Å². The van der Waals surface area contributed by atoms with Gasteiger partial charge in [0.25, 0.3) is 5.91 Å². The van der Waals surface area contributed by atoms with Crippen LogP contribution in [0.2, 0.25) is 0 Å². The monoisotopic (exact) mass is 324 g/mol. The molecule has 0 saturated carbocycles. The van der Waals surface area contributed by atoms with Crippen molar-refractivity contribution in [2.24, 2.45) is 0 Å². The van der Waals surface area contributed by atoms with Crippen LogP contribution in [-0.4, -0.2) is 35.6 Å².